The normalized spacial score (nSPS) is 11.0. The van der Waals surface area contributed by atoms with Gasteiger partial charge in [-0.25, -0.2) is 9.59 Å². The van der Waals surface area contributed by atoms with Gasteiger partial charge in [-0.05, 0) is 55.3 Å². The maximum absolute atomic E-state index is 11.1. The van der Waals surface area contributed by atoms with Gasteiger partial charge in [-0.1, -0.05) is 37.0 Å². The predicted octanol–water partition coefficient (Wildman–Crippen LogP) is 6.45. The van der Waals surface area contributed by atoms with Crippen LogP contribution in [-0.2, 0) is 19.1 Å². The summed E-state index contributed by atoms with van der Waals surface area (Å²) < 4.78 is 14.2. The number of methoxy groups -OCH3 is 3. The fraction of sp³-hybridized carbons (Fsp3) is 0.280. The highest BCUT2D eigenvalue weighted by atomic mass is 35.5. The molecule has 2 aromatic carbocycles. The Morgan fingerprint density at radius 3 is 1.59 bits per heavy atom. The van der Waals surface area contributed by atoms with Crippen LogP contribution in [0.25, 0.3) is 0 Å². The van der Waals surface area contributed by atoms with E-state index in [-0.39, 0.29) is 5.97 Å². The summed E-state index contributed by atoms with van der Waals surface area (Å²) in [5.74, 6) is 0.0379. The fourth-order valence-electron chi connectivity index (χ4n) is 2.53. The van der Waals surface area contributed by atoms with Crippen LogP contribution in [0.15, 0.2) is 66.0 Å². The van der Waals surface area contributed by atoms with E-state index in [4.69, 9.17) is 27.9 Å². The molecule has 0 saturated carbocycles. The number of hydrogen-bond acceptors (Lipinski definition) is 7. The van der Waals surface area contributed by atoms with Crippen molar-refractivity contribution in [2.24, 2.45) is 0 Å². The molecule has 7 nitrogen and oxygen atoms in total. The Labute approximate surface area is 210 Å². The summed E-state index contributed by atoms with van der Waals surface area (Å²) in [5.41, 5.74) is 3.18. The molecular weight excluding hydrogens is 479 g/mol. The quantitative estimate of drug-likeness (QED) is 0.297. The largest absolute Gasteiger partial charge is 0.497 e. The molecular formula is C25H30Cl2N2O5. The van der Waals surface area contributed by atoms with E-state index in [1.165, 1.54) is 26.4 Å². The van der Waals surface area contributed by atoms with Crippen LogP contribution in [0.3, 0.4) is 0 Å². The minimum absolute atomic E-state index is 0.358. The molecule has 0 aliphatic carbocycles. The Balaban J connectivity index is 0.000000340. The number of allylic oxidation sites excluding steroid dienone is 2. The molecule has 34 heavy (non-hydrogen) atoms. The van der Waals surface area contributed by atoms with Gasteiger partial charge in [-0.2, -0.15) is 0 Å². The minimum atomic E-state index is -0.400. The number of ether oxygens (including phenoxy) is 3. The average molecular weight is 509 g/mol. The number of benzene rings is 2. The van der Waals surface area contributed by atoms with Crippen molar-refractivity contribution in [2.75, 3.05) is 32.0 Å². The van der Waals surface area contributed by atoms with Crippen LogP contribution in [0.4, 0.5) is 11.4 Å². The molecule has 0 heterocycles. The lowest BCUT2D eigenvalue weighted by Crippen LogP contribution is -2.04. The number of hydrogen-bond donors (Lipinski definition) is 2. The van der Waals surface area contributed by atoms with Gasteiger partial charge in [0, 0.05) is 45.0 Å². The lowest BCUT2D eigenvalue weighted by atomic mass is 10.2. The lowest BCUT2D eigenvalue weighted by molar-refractivity contribution is -0.135. The van der Waals surface area contributed by atoms with E-state index < -0.39 is 5.97 Å². The molecule has 0 saturated heterocycles. The highest BCUT2D eigenvalue weighted by Gasteiger charge is 2.03. The van der Waals surface area contributed by atoms with E-state index in [0.717, 1.165) is 34.9 Å². The Morgan fingerprint density at radius 1 is 0.765 bits per heavy atom. The number of halogens is 2. The van der Waals surface area contributed by atoms with Gasteiger partial charge in [0.25, 0.3) is 0 Å². The molecule has 0 unspecified atom stereocenters. The van der Waals surface area contributed by atoms with E-state index >= 15 is 0 Å². The van der Waals surface area contributed by atoms with Crippen LogP contribution in [-0.4, -0.2) is 33.3 Å². The zero-order valence-electron chi connectivity index (χ0n) is 19.9. The molecule has 184 valence electrons. The third kappa shape index (κ3) is 11.1. The number of carbonyl (C=O) groups excluding carboxylic acids is 2. The van der Waals surface area contributed by atoms with E-state index in [1.807, 2.05) is 38.1 Å². The van der Waals surface area contributed by atoms with Gasteiger partial charge in [0.15, 0.2) is 0 Å². The third-order valence-electron chi connectivity index (χ3n) is 4.31. The highest BCUT2D eigenvalue weighted by molar-refractivity contribution is 6.35. The Bertz CT molecular complexity index is 985. The molecule has 2 aromatic rings. The Kier molecular flexibility index (Phi) is 13.3. The van der Waals surface area contributed by atoms with Crippen molar-refractivity contribution < 1.29 is 23.8 Å². The van der Waals surface area contributed by atoms with Crippen LogP contribution in [0.1, 0.15) is 26.7 Å². The van der Waals surface area contributed by atoms with Crippen LogP contribution in [0, 0.1) is 0 Å². The standard InChI is InChI=1S/C13H17NO3.C12H13Cl2NO2/c1-4-10(9-13(15)17-3)14-11-5-7-12(16-2)8-6-11;1-3-10(7-12(16)17-2)15-11-5-8(13)4-9(14)6-11/h5-9,14H,4H2,1-3H3;4-7,15H,3H2,1-2H3. The topological polar surface area (TPSA) is 85.9 Å². The fourth-order valence-corrected chi connectivity index (χ4v) is 3.05. The Hall–Kier alpha value is -3.16. The average Bonchev–Trinajstić information content (AvgIpc) is 2.83. The molecule has 2 rings (SSSR count). The van der Waals surface area contributed by atoms with Crippen molar-refractivity contribution >= 4 is 46.5 Å². The molecule has 0 fully saturated rings. The lowest BCUT2D eigenvalue weighted by Gasteiger charge is -2.09. The third-order valence-corrected chi connectivity index (χ3v) is 4.75. The Morgan fingerprint density at radius 2 is 1.21 bits per heavy atom. The van der Waals surface area contributed by atoms with Gasteiger partial charge in [-0.3, -0.25) is 0 Å². The first kappa shape index (κ1) is 28.9. The number of esters is 2. The van der Waals surface area contributed by atoms with E-state index in [9.17, 15) is 9.59 Å². The summed E-state index contributed by atoms with van der Waals surface area (Å²) in [6.07, 6.45) is 4.24. The van der Waals surface area contributed by atoms with Crippen LogP contribution < -0.4 is 15.4 Å². The van der Waals surface area contributed by atoms with Gasteiger partial charge < -0.3 is 24.8 Å². The van der Waals surface area contributed by atoms with Crippen LogP contribution >= 0.6 is 23.2 Å². The minimum Gasteiger partial charge on any atom is -0.497 e. The van der Waals surface area contributed by atoms with Crippen molar-refractivity contribution in [2.45, 2.75) is 26.7 Å². The molecule has 9 heteroatoms. The molecule has 2 N–H and O–H groups in total. The first-order valence-electron chi connectivity index (χ1n) is 10.5. The van der Waals surface area contributed by atoms with Gasteiger partial charge in [-0.15, -0.1) is 0 Å². The monoisotopic (exact) mass is 508 g/mol. The van der Waals surface area contributed by atoms with Gasteiger partial charge in [0.05, 0.1) is 21.3 Å². The van der Waals surface area contributed by atoms with Crippen LogP contribution in [0.5, 0.6) is 5.75 Å². The molecule has 0 bridgehead atoms. The second-order valence-electron chi connectivity index (χ2n) is 6.73. The SMILES string of the molecule is CCC(=CC(=O)OC)Nc1cc(Cl)cc(Cl)c1.CCC(=CC(=O)OC)Nc1ccc(OC)cc1. The highest BCUT2D eigenvalue weighted by Crippen LogP contribution is 2.24. The summed E-state index contributed by atoms with van der Waals surface area (Å²) in [6, 6.07) is 12.6. The summed E-state index contributed by atoms with van der Waals surface area (Å²) in [4.78, 5) is 22.2. The van der Waals surface area contributed by atoms with Crippen molar-refractivity contribution in [1.29, 1.82) is 0 Å². The van der Waals surface area contributed by atoms with E-state index in [2.05, 4.69) is 20.1 Å². The number of rotatable bonds is 9. The number of nitrogens with one attached hydrogen (secondary N) is 2. The maximum atomic E-state index is 11.1. The van der Waals surface area contributed by atoms with E-state index in [0.29, 0.717) is 16.5 Å². The second kappa shape index (κ2) is 15.6. The second-order valence-corrected chi connectivity index (χ2v) is 7.60. The van der Waals surface area contributed by atoms with Crippen molar-refractivity contribution in [3.63, 3.8) is 0 Å². The molecule has 0 amide bonds. The molecule has 0 aromatic heterocycles. The first-order valence-corrected chi connectivity index (χ1v) is 11.2. The molecule has 0 atom stereocenters. The number of carbonyl (C=O) groups is 2. The summed E-state index contributed by atoms with van der Waals surface area (Å²) >= 11 is 11.7. The van der Waals surface area contributed by atoms with Gasteiger partial charge in [0.2, 0.25) is 0 Å². The zero-order valence-corrected chi connectivity index (χ0v) is 21.4. The summed E-state index contributed by atoms with van der Waals surface area (Å²) in [6.45, 7) is 3.89. The van der Waals surface area contributed by atoms with Gasteiger partial charge >= 0.3 is 11.9 Å². The van der Waals surface area contributed by atoms with Crippen LogP contribution in [0.2, 0.25) is 10.0 Å². The van der Waals surface area contributed by atoms with Crippen molar-refractivity contribution in [3.8, 4) is 5.75 Å². The maximum Gasteiger partial charge on any atom is 0.332 e. The molecule has 0 spiro atoms. The summed E-state index contributed by atoms with van der Waals surface area (Å²) in [5, 5.41) is 7.29. The first-order chi connectivity index (χ1) is 16.2. The van der Waals surface area contributed by atoms with Crippen molar-refractivity contribution in [3.05, 3.63) is 76.1 Å². The van der Waals surface area contributed by atoms with Crippen molar-refractivity contribution in [1.82, 2.24) is 0 Å². The van der Waals surface area contributed by atoms with E-state index in [1.54, 1.807) is 25.3 Å². The predicted molar refractivity (Wildman–Crippen MR) is 137 cm³/mol. The smallest absolute Gasteiger partial charge is 0.332 e. The zero-order chi connectivity index (χ0) is 25.5. The number of anilines is 2. The molecule has 0 radical (unpaired) electrons. The van der Waals surface area contributed by atoms with Gasteiger partial charge in [0.1, 0.15) is 5.75 Å². The summed E-state index contributed by atoms with van der Waals surface area (Å²) in [7, 11) is 4.32. The molecule has 0 aliphatic heterocycles. The molecule has 0 aliphatic rings.